The zero-order valence-electron chi connectivity index (χ0n) is 10.5. The number of methoxy groups -OCH3 is 1. The van der Waals surface area contributed by atoms with E-state index in [1.807, 2.05) is 12.1 Å². The SMILES string of the molecule is COc1c(Br)cc(Cl)cc1C(N)c1cc2sccc2s1. The molecule has 0 radical (unpaired) electrons. The van der Waals surface area contributed by atoms with Gasteiger partial charge in [0.1, 0.15) is 5.75 Å². The lowest BCUT2D eigenvalue weighted by Crippen LogP contribution is -2.12. The molecule has 3 aromatic rings. The van der Waals surface area contributed by atoms with E-state index in [4.69, 9.17) is 22.1 Å². The summed E-state index contributed by atoms with van der Waals surface area (Å²) in [6, 6.07) is 7.69. The van der Waals surface area contributed by atoms with Gasteiger partial charge in [0.25, 0.3) is 0 Å². The molecule has 3 rings (SSSR count). The number of thiophene rings is 2. The van der Waals surface area contributed by atoms with Crippen molar-refractivity contribution in [3.8, 4) is 5.75 Å². The number of fused-ring (bicyclic) bond motifs is 1. The standard InChI is InChI=1S/C14H11BrClNOS2/c1-18-14-8(4-7(16)5-9(14)15)13(17)12-6-11-10(20-12)2-3-19-11/h2-6,13H,17H2,1H3. The Morgan fingerprint density at radius 1 is 1.30 bits per heavy atom. The molecule has 1 aromatic carbocycles. The summed E-state index contributed by atoms with van der Waals surface area (Å²) in [6.45, 7) is 0. The molecule has 2 aromatic heterocycles. The van der Waals surface area contributed by atoms with Crippen molar-refractivity contribution in [3.63, 3.8) is 0 Å². The van der Waals surface area contributed by atoms with Crippen LogP contribution in [0, 0.1) is 0 Å². The molecule has 6 heteroatoms. The van der Waals surface area contributed by atoms with E-state index in [9.17, 15) is 0 Å². The number of hydrogen-bond acceptors (Lipinski definition) is 4. The van der Waals surface area contributed by atoms with Crippen LogP contribution in [0.15, 0.2) is 34.1 Å². The predicted octanol–water partition coefficient (Wildman–Crippen LogP) is 5.44. The Hall–Kier alpha value is -0.590. The number of nitrogens with two attached hydrogens (primary N) is 1. The first-order chi connectivity index (χ1) is 9.60. The molecular formula is C14H11BrClNOS2. The largest absolute Gasteiger partial charge is 0.495 e. The van der Waals surface area contributed by atoms with Gasteiger partial charge in [-0.3, -0.25) is 0 Å². The van der Waals surface area contributed by atoms with E-state index < -0.39 is 0 Å². The third-order valence-electron chi connectivity index (χ3n) is 3.04. The number of ether oxygens (including phenoxy) is 1. The van der Waals surface area contributed by atoms with Gasteiger partial charge >= 0.3 is 0 Å². The average Bonchev–Trinajstić information content (AvgIpc) is 2.97. The molecule has 0 bridgehead atoms. The van der Waals surface area contributed by atoms with Crippen molar-refractivity contribution < 1.29 is 4.74 Å². The molecule has 20 heavy (non-hydrogen) atoms. The maximum absolute atomic E-state index is 6.41. The highest BCUT2D eigenvalue weighted by Crippen LogP contribution is 2.40. The Morgan fingerprint density at radius 2 is 2.10 bits per heavy atom. The Balaban J connectivity index is 2.09. The highest BCUT2D eigenvalue weighted by atomic mass is 79.9. The second-order valence-corrected chi connectivity index (χ2v) is 7.64. The first-order valence-corrected chi connectivity index (χ1v) is 8.72. The third-order valence-corrected chi connectivity index (χ3v) is 6.02. The maximum Gasteiger partial charge on any atom is 0.138 e. The van der Waals surface area contributed by atoms with Gasteiger partial charge in [-0.25, -0.2) is 0 Å². The second-order valence-electron chi connectivity index (χ2n) is 4.29. The van der Waals surface area contributed by atoms with E-state index in [2.05, 4.69) is 33.4 Å². The Bertz CT molecular complexity index is 739. The highest BCUT2D eigenvalue weighted by molar-refractivity contribution is 9.10. The topological polar surface area (TPSA) is 35.2 Å². The van der Waals surface area contributed by atoms with Crippen LogP contribution in [0.25, 0.3) is 9.40 Å². The first-order valence-electron chi connectivity index (χ1n) is 5.85. The summed E-state index contributed by atoms with van der Waals surface area (Å²) < 4.78 is 8.80. The predicted molar refractivity (Wildman–Crippen MR) is 91.4 cm³/mol. The lowest BCUT2D eigenvalue weighted by atomic mass is 10.1. The molecule has 0 saturated carbocycles. The van der Waals surface area contributed by atoms with Crippen LogP contribution in [0.1, 0.15) is 16.5 Å². The highest BCUT2D eigenvalue weighted by Gasteiger charge is 2.19. The van der Waals surface area contributed by atoms with Gasteiger partial charge in [0.05, 0.1) is 17.6 Å². The van der Waals surface area contributed by atoms with Crippen LogP contribution in [0.5, 0.6) is 5.75 Å². The summed E-state index contributed by atoms with van der Waals surface area (Å²) in [4.78, 5) is 1.11. The van der Waals surface area contributed by atoms with E-state index in [0.29, 0.717) is 5.02 Å². The van der Waals surface area contributed by atoms with E-state index in [0.717, 1.165) is 20.7 Å². The minimum atomic E-state index is -0.246. The Kier molecular flexibility index (Phi) is 4.06. The molecule has 104 valence electrons. The monoisotopic (exact) mass is 387 g/mol. The van der Waals surface area contributed by atoms with Crippen molar-refractivity contribution in [2.45, 2.75) is 6.04 Å². The van der Waals surface area contributed by atoms with E-state index in [1.165, 1.54) is 9.40 Å². The van der Waals surface area contributed by atoms with Crippen molar-refractivity contribution in [1.82, 2.24) is 0 Å². The fraction of sp³-hybridized carbons (Fsp3) is 0.143. The lowest BCUT2D eigenvalue weighted by Gasteiger charge is -2.16. The van der Waals surface area contributed by atoms with Crippen LogP contribution >= 0.6 is 50.2 Å². The van der Waals surface area contributed by atoms with Gasteiger partial charge in [0.2, 0.25) is 0 Å². The third kappa shape index (κ3) is 2.49. The zero-order valence-corrected chi connectivity index (χ0v) is 14.5. The molecule has 0 aliphatic heterocycles. The molecule has 1 atom stereocenters. The fourth-order valence-corrected chi connectivity index (χ4v) is 5.25. The van der Waals surface area contributed by atoms with Crippen molar-refractivity contribution in [1.29, 1.82) is 0 Å². The molecule has 1 unspecified atom stereocenters. The minimum Gasteiger partial charge on any atom is -0.495 e. The molecule has 0 aliphatic carbocycles. The second kappa shape index (κ2) is 5.66. The maximum atomic E-state index is 6.41. The minimum absolute atomic E-state index is 0.246. The summed E-state index contributed by atoms with van der Waals surface area (Å²) >= 11 is 13.0. The van der Waals surface area contributed by atoms with Crippen LogP contribution in [0.2, 0.25) is 5.02 Å². The quantitative estimate of drug-likeness (QED) is 0.649. The zero-order chi connectivity index (χ0) is 14.3. The summed E-state index contributed by atoms with van der Waals surface area (Å²) in [5.41, 5.74) is 7.30. The molecule has 0 amide bonds. The summed E-state index contributed by atoms with van der Waals surface area (Å²) in [6.07, 6.45) is 0. The molecule has 2 nitrogen and oxygen atoms in total. The number of rotatable bonds is 3. The average molecular weight is 389 g/mol. The van der Waals surface area contributed by atoms with Crippen molar-refractivity contribution in [2.24, 2.45) is 5.73 Å². The fourth-order valence-electron chi connectivity index (χ4n) is 2.12. The van der Waals surface area contributed by atoms with E-state index in [-0.39, 0.29) is 6.04 Å². The van der Waals surface area contributed by atoms with Gasteiger partial charge in [0, 0.05) is 24.9 Å². The van der Waals surface area contributed by atoms with Crippen LogP contribution in [-0.2, 0) is 0 Å². The Labute approximate surface area is 138 Å². The number of hydrogen-bond donors (Lipinski definition) is 1. The van der Waals surface area contributed by atoms with Gasteiger partial charge in [-0.15, -0.1) is 22.7 Å². The van der Waals surface area contributed by atoms with Crippen LogP contribution in [-0.4, -0.2) is 7.11 Å². The summed E-state index contributed by atoms with van der Waals surface area (Å²) in [5.74, 6) is 0.735. The van der Waals surface area contributed by atoms with Gasteiger partial charge < -0.3 is 10.5 Å². The lowest BCUT2D eigenvalue weighted by molar-refractivity contribution is 0.405. The van der Waals surface area contributed by atoms with E-state index >= 15 is 0 Å². The van der Waals surface area contributed by atoms with Gasteiger partial charge in [-0.1, -0.05) is 11.6 Å². The molecule has 0 saturated heterocycles. The van der Waals surface area contributed by atoms with Crippen LogP contribution in [0.3, 0.4) is 0 Å². The normalized spacial score (nSPS) is 12.8. The molecule has 2 heterocycles. The van der Waals surface area contributed by atoms with Crippen molar-refractivity contribution >= 4 is 59.6 Å². The molecule has 2 N–H and O–H groups in total. The molecule has 0 fully saturated rings. The molecule has 0 aliphatic rings. The molecule has 0 spiro atoms. The smallest absolute Gasteiger partial charge is 0.138 e. The Morgan fingerprint density at radius 3 is 2.80 bits per heavy atom. The van der Waals surface area contributed by atoms with Crippen molar-refractivity contribution in [2.75, 3.05) is 7.11 Å². The first kappa shape index (κ1) is 14.4. The van der Waals surface area contributed by atoms with Gasteiger partial charge in [0.15, 0.2) is 0 Å². The van der Waals surface area contributed by atoms with Crippen LogP contribution in [0.4, 0.5) is 0 Å². The number of halogens is 2. The summed E-state index contributed by atoms with van der Waals surface area (Å²) in [7, 11) is 1.64. The van der Waals surface area contributed by atoms with E-state index in [1.54, 1.807) is 29.8 Å². The van der Waals surface area contributed by atoms with Crippen LogP contribution < -0.4 is 10.5 Å². The molecular weight excluding hydrogens is 378 g/mol. The van der Waals surface area contributed by atoms with Gasteiger partial charge in [-0.05, 0) is 45.6 Å². The number of benzene rings is 1. The van der Waals surface area contributed by atoms with Crippen molar-refractivity contribution in [3.05, 3.63) is 49.6 Å². The summed E-state index contributed by atoms with van der Waals surface area (Å²) in [5, 5.41) is 2.73. The van der Waals surface area contributed by atoms with Gasteiger partial charge in [-0.2, -0.15) is 0 Å².